The molecule has 1 aliphatic heterocycles. The first kappa shape index (κ1) is 16.4. The summed E-state index contributed by atoms with van der Waals surface area (Å²) in [5.41, 5.74) is 0.317. The zero-order chi connectivity index (χ0) is 16.7. The number of hydrogen-bond acceptors (Lipinski definition) is 3. The zero-order valence-corrected chi connectivity index (χ0v) is 14.9. The van der Waals surface area contributed by atoms with Gasteiger partial charge in [0.05, 0.1) is 18.3 Å². The molecule has 3 aliphatic carbocycles. The second-order valence-electron chi connectivity index (χ2n) is 9.04. The van der Waals surface area contributed by atoms with Gasteiger partial charge in [-0.05, 0) is 75.0 Å². The van der Waals surface area contributed by atoms with E-state index in [0.717, 1.165) is 37.6 Å². The Labute approximate surface area is 145 Å². The average molecular weight is 330 g/mol. The third-order valence-corrected chi connectivity index (χ3v) is 6.88. The highest BCUT2D eigenvalue weighted by atomic mass is 16.5. The van der Waals surface area contributed by atoms with Gasteiger partial charge in [0.15, 0.2) is 0 Å². The highest BCUT2D eigenvalue weighted by molar-refractivity contribution is 5.77. The number of nitrogens with zero attached hydrogens (tertiary/aromatic N) is 2. The molecule has 4 heteroatoms. The highest BCUT2D eigenvalue weighted by Crippen LogP contribution is 2.55. The van der Waals surface area contributed by atoms with Crippen LogP contribution in [-0.2, 0) is 9.53 Å². The van der Waals surface area contributed by atoms with Crippen LogP contribution >= 0.6 is 0 Å². The van der Waals surface area contributed by atoms with E-state index < -0.39 is 0 Å². The summed E-state index contributed by atoms with van der Waals surface area (Å²) in [5.74, 6) is 1.83. The predicted molar refractivity (Wildman–Crippen MR) is 91.0 cm³/mol. The Bertz CT molecular complexity index is 522. The van der Waals surface area contributed by atoms with Gasteiger partial charge >= 0.3 is 0 Å². The fourth-order valence-electron chi connectivity index (χ4n) is 5.55. The number of rotatable bonds is 5. The molecule has 24 heavy (non-hydrogen) atoms. The third-order valence-electron chi connectivity index (χ3n) is 6.88. The quantitative estimate of drug-likeness (QED) is 0.773. The van der Waals surface area contributed by atoms with E-state index in [4.69, 9.17) is 10.00 Å². The molecule has 0 aromatic carbocycles. The highest BCUT2D eigenvalue weighted by Gasteiger charge is 2.48. The van der Waals surface area contributed by atoms with E-state index in [1.165, 1.54) is 38.5 Å². The zero-order valence-electron chi connectivity index (χ0n) is 14.9. The number of fused-ring (bicyclic) bond motifs is 1. The van der Waals surface area contributed by atoms with Crippen LogP contribution in [0.15, 0.2) is 0 Å². The largest absolute Gasteiger partial charge is 0.375 e. The van der Waals surface area contributed by atoms with Crippen molar-refractivity contribution in [2.24, 2.45) is 17.3 Å². The molecule has 1 amide bonds. The molecule has 0 radical (unpaired) electrons. The van der Waals surface area contributed by atoms with Crippen molar-refractivity contribution in [2.75, 3.05) is 6.54 Å². The molecule has 5 atom stereocenters. The summed E-state index contributed by atoms with van der Waals surface area (Å²) in [6.07, 6.45) is 12.1. The number of carbonyl (C=O) groups excluding carboxylic acids is 1. The number of amides is 1. The minimum atomic E-state index is -0.173. The van der Waals surface area contributed by atoms with Gasteiger partial charge in [-0.1, -0.05) is 6.92 Å². The van der Waals surface area contributed by atoms with Crippen LogP contribution in [0.1, 0.15) is 71.1 Å². The van der Waals surface area contributed by atoms with Crippen LogP contribution in [0.3, 0.4) is 0 Å². The second-order valence-corrected chi connectivity index (χ2v) is 9.04. The molecule has 0 aromatic heterocycles. The molecule has 1 saturated heterocycles. The summed E-state index contributed by atoms with van der Waals surface area (Å²) in [5, 5.41) is 9.16. The van der Waals surface area contributed by atoms with E-state index in [1.54, 1.807) is 0 Å². The summed E-state index contributed by atoms with van der Waals surface area (Å²) in [7, 11) is 0. The Morgan fingerprint density at radius 2 is 1.92 bits per heavy atom. The van der Waals surface area contributed by atoms with E-state index in [0.29, 0.717) is 24.0 Å². The molecule has 132 valence electrons. The van der Waals surface area contributed by atoms with Crippen molar-refractivity contribution in [3.63, 3.8) is 0 Å². The molecule has 4 fully saturated rings. The lowest BCUT2D eigenvalue weighted by Crippen LogP contribution is -2.35. The van der Waals surface area contributed by atoms with Gasteiger partial charge in [-0.25, -0.2) is 0 Å². The molecule has 0 spiro atoms. The monoisotopic (exact) mass is 330 g/mol. The summed E-state index contributed by atoms with van der Waals surface area (Å²) >= 11 is 0. The lowest BCUT2D eigenvalue weighted by Gasteiger charge is -2.27. The maximum absolute atomic E-state index is 12.5. The number of hydrogen-bond donors (Lipinski definition) is 0. The first-order valence-electron chi connectivity index (χ1n) is 9.91. The Morgan fingerprint density at radius 1 is 1.21 bits per heavy atom. The van der Waals surface area contributed by atoms with Gasteiger partial charge in [0.25, 0.3) is 0 Å². The molecule has 1 heterocycles. The summed E-state index contributed by atoms with van der Waals surface area (Å²) in [6, 6.07) is 2.11. The summed E-state index contributed by atoms with van der Waals surface area (Å²) in [4.78, 5) is 14.3. The van der Waals surface area contributed by atoms with Gasteiger partial charge in [-0.2, -0.15) is 5.26 Å². The van der Waals surface area contributed by atoms with E-state index in [9.17, 15) is 4.79 Å². The van der Waals surface area contributed by atoms with Crippen molar-refractivity contribution in [2.45, 2.75) is 89.4 Å². The van der Waals surface area contributed by atoms with E-state index in [-0.39, 0.29) is 11.9 Å². The maximum Gasteiger partial charge on any atom is 0.223 e. The number of likely N-dealkylation sites (tertiary alicyclic amines) is 1. The van der Waals surface area contributed by atoms with Crippen LogP contribution in [0.25, 0.3) is 0 Å². The van der Waals surface area contributed by atoms with Crippen molar-refractivity contribution < 1.29 is 9.53 Å². The van der Waals surface area contributed by atoms with Gasteiger partial charge in [0.2, 0.25) is 5.91 Å². The molecule has 0 aromatic rings. The predicted octanol–water partition coefficient (Wildman–Crippen LogP) is 3.66. The molecule has 0 bridgehead atoms. The fourth-order valence-corrected chi connectivity index (χ4v) is 5.55. The first-order valence-corrected chi connectivity index (χ1v) is 9.91. The summed E-state index contributed by atoms with van der Waals surface area (Å²) in [6.45, 7) is 3.15. The van der Waals surface area contributed by atoms with Gasteiger partial charge in [0.1, 0.15) is 6.04 Å². The van der Waals surface area contributed by atoms with Gasteiger partial charge in [-0.15, -0.1) is 0 Å². The van der Waals surface area contributed by atoms with Gasteiger partial charge < -0.3 is 9.64 Å². The first-order chi connectivity index (χ1) is 11.6. The molecular formula is C20H30N2O2. The lowest BCUT2D eigenvalue weighted by atomic mass is 9.81. The fraction of sp³-hybridized carbons (Fsp3) is 0.900. The second kappa shape index (κ2) is 6.33. The van der Waals surface area contributed by atoms with Crippen molar-refractivity contribution in [1.82, 2.24) is 4.90 Å². The molecular weight excluding hydrogens is 300 g/mol. The SMILES string of the molecule is CC1(CCC(=O)N2CCC[C@H]2C#N)C[C@H]2CC(OC3CC3)C[C@H]2C1. The van der Waals surface area contributed by atoms with Crippen LogP contribution < -0.4 is 0 Å². The Balaban J connectivity index is 1.26. The van der Waals surface area contributed by atoms with E-state index in [2.05, 4.69) is 13.0 Å². The molecule has 4 rings (SSSR count). The third kappa shape index (κ3) is 3.33. The van der Waals surface area contributed by atoms with Crippen molar-refractivity contribution in [1.29, 1.82) is 5.26 Å². The standard InChI is InChI=1S/C20H30N2O2/c1-20(7-6-19(23)22-8-2-3-16(22)13-21)11-14-9-18(10-15(14)12-20)24-17-4-5-17/h14-18H,2-12H2,1H3/t14-,15+,16-,18?,20?/m0/s1. The van der Waals surface area contributed by atoms with E-state index >= 15 is 0 Å². The number of nitriles is 1. The maximum atomic E-state index is 12.5. The smallest absolute Gasteiger partial charge is 0.223 e. The number of carbonyl (C=O) groups is 1. The molecule has 2 unspecified atom stereocenters. The Morgan fingerprint density at radius 3 is 2.54 bits per heavy atom. The molecule has 3 saturated carbocycles. The van der Waals surface area contributed by atoms with Crippen LogP contribution in [0.4, 0.5) is 0 Å². The minimum absolute atomic E-state index is 0.173. The van der Waals surface area contributed by atoms with Crippen LogP contribution in [0.2, 0.25) is 0 Å². The Hall–Kier alpha value is -1.08. The normalized spacial score (nSPS) is 41.4. The topological polar surface area (TPSA) is 53.3 Å². The van der Waals surface area contributed by atoms with Crippen LogP contribution in [-0.4, -0.2) is 35.6 Å². The van der Waals surface area contributed by atoms with Crippen LogP contribution in [0.5, 0.6) is 0 Å². The van der Waals surface area contributed by atoms with Crippen LogP contribution in [0, 0.1) is 28.6 Å². The summed E-state index contributed by atoms with van der Waals surface area (Å²) < 4.78 is 6.13. The molecule has 4 nitrogen and oxygen atoms in total. The Kier molecular flexibility index (Phi) is 4.33. The lowest BCUT2D eigenvalue weighted by molar-refractivity contribution is -0.131. The van der Waals surface area contributed by atoms with Gasteiger partial charge in [0, 0.05) is 13.0 Å². The van der Waals surface area contributed by atoms with Crippen molar-refractivity contribution in [3.8, 4) is 6.07 Å². The molecule has 0 N–H and O–H groups in total. The molecule has 4 aliphatic rings. The minimum Gasteiger partial charge on any atom is -0.375 e. The van der Waals surface area contributed by atoms with E-state index in [1.807, 2.05) is 4.90 Å². The number of ether oxygens (including phenoxy) is 1. The average Bonchev–Trinajstić information content (AvgIpc) is 2.97. The van der Waals surface area contributed by atoms with Gasteiger partial charge in [-0.3, -0.25) is 4.79 Å². The van der Waals surface area contributed by atoms with Crippen molar-refractivity contribution in [3.05, 3.63) is 0 Å². The van der Waals surface area contributed by atoms with Crippen molar-refractivity contribution >= 4 is 5.91 Å².